The fourth-order valence-corrected chi connectivity index (χ4v) is 4.10. The van der Waals surface area contributed by atoms with Gasteiger partial charge in [-0.25, -0.2) is 9.97 Å². The molecule has 0 bridgehead atoms. The number of aromatic amines is 1. The van der Waals surface area contributed by atoms with Gasteiger partial charge < -0.3 is 4.98 Å². The molecule has 3 aromatic carbocycles. The van der Waals surface area contributed by atoms with E-state index in [2.05, 4.69) is 15.0 Å². The van der Waals surface area contributed by atoms with Crippen molar-refractivity contribution in [2.24, 2.45) is 0 Å². The Hall–Kier alpha value is -3.71. The number of nitrogens with one attached hydrogen (secondary N) is 1. The van der Waals surface area contributed by atoms with Crippen LogP contribution in [0.2, 0.25) is 5.02 Å². The van der Waals surface area contributed by atoms with Crippen LogP contribution in [0.1, 0.15) is 21.5 Å². The van der Waals surface area contributed by atoms with E-state index in [-0.39, 0.29) is 12.2 Å². The molecule has 164 valence electrons. The summed E-state index contributed by atoms with van der Waals surface area (Å²) in [7, 11) is 0. The summed E-state index contributed by atoms with van der Waals surface area (Å²) in [6, 6.07) is 15.4. The maximum absolute atomic E-state index is 13.0. The first-order valence-corrected chi connectivity index (χ1v) is 10.4. The van der Waals surface area contributed by atoms with Crippen LogP contribution in [0.4, 0.5) is 13.2 Å². The van der Waals surface area contributed by atoms with Crippen molar-refractivity contribution in [1.29, 1.82) is 0 Å². The second-order valence-electron chi connectivity index (χ2n) is 7.66. The van der Waals surface area contributed by atoms with Crippen LogP contribution in [0.15, 0.2) is 73.2 Å². The Morgan fingerprint density at radius 3 is 2.67 bits per heavy atom. The van der Waals surface area contributed by atoms with Crippen molar-refractivity contribution in [3.8, 4) is 11.1 Å². The van der Waals surface area contributed by atoms with Crippen molar-refractivity contribution < 1.29 is 18.0 Å². The maximum atomic E-state index is 13.0. The number of rotatable bonds is 4. The first-order valence-electron chi connectivity index (χ1n) is 10.0. The van der Waals surface area contributed by atoms with Gasteiger partial charge in [-0.2, -0.15) is 13.2 Å². The highest BCUT2D eigenvalue weighted by Crippen LogP contribution is 2.34. The fourth-order valence-electron chi connectivity index (χ4n) is 3.87. The zero-order valence-corrected chi connectivity index (χ0v) is 17.7. The van der Waals surface area contributed by atoms with Crippen LogP contribution in [0.5, 0.6) is 0 Å². The first kappa shape index (κ1) is 21.2. The second kappa shape index (κ2) is 8.01. The molecule has 0 amide bonds. The number of hydrogen-bond acceptors (Lipinski definition) is 3. The van der Waals surface area contributed by atoms with E-state index in [1.54, 1.807) is 24.4 Å². The zero-order valence-electron chi connectivity index (χ0n) is 16.9. The lowest BCUT2D eigenvalue weighted by atomic mass is 9.97. The summed E-state index contributed by atoms with van der Waals surface area (Å²) in [6.45, 7) is 0. The monoisotopic (exact) mass is 465 g/mol. The van der Waals surface area contributed by atoms with Crippen molar-refractivity contribution in [1.82, 2.24) is 15.0 Å². The molecule has 0 fully saturated rings. The van der Waals surface area contributed by atoms with Crippen molar-refractivity contribution in [2.45, 2.75) is 12.6 Å². The SMILES string of the molecule is O=C(Cc1cccc(C(F)(F)F)c1)c1ccc(Cl)c(-c2ccc3c(c2)[nH]c2ncncc23)c1. The summed E-state index contributed by atoms with van der Waals surface area (Å²) < 4.78 is 38.9. The molecular weight excluding hydrogens is 451 g/mol. The third-order valence-corrected chi connectivity index (χ3v) is 5.82. The van der Waals surface area contributed by atoms with Gasteiger partial charge >= 0.3 is 6.18 Å². The van der Waals surface area contributed by atoms with Crippen LogP contribution in [0, 0.1) is 0 Å². The van der Waals surface area contributed by atoms with Crippen LogP contribution in [0.25, 0.3) is 33.1 Å². The summed E-state index contributed by atoms with van der Waals surface area (Å²) in [4.78, 5) is 24.4. The number of benzene rings is 3. The Morgan fingerprint density at radius 1 is 1.00 bits per heavy atom. The summed E-state index contributed by atoms with van der Waals surface area (Å²) in [5.41, 5.74) is 2.90. The van der Waals surface area contributed by atoms with Gasteiger partial charge in [0, 0.05) is 45.1 Å². The predicted molar refractivity (Wildman–Crippen MR) is 121 cm³/mol. The maximum Gasteiger partial charge on any atom is 0.416 e. The summed E-state index contributed by atoms with van der Waals surface area (Å²) in [6.07, 6.45) is -1.40. The third kappa shape index (κ3) is 4.07. The smallest absolute Gasteiger partial charge is 0.339 e. The molecule has 5 aromatic rings. The number of ketones is 1. The Balaban J connectivity index is 1.48. The number of aromatic nitrogens is 3. The molecule has 4 nitrogen and oxygen atoms in total. The molecule has 2 heterocycles. The molecule has 0 aliphatic carbocycles. The molecule has 2 aromatic heterocycles. The third-order valence-electron chi connectivity index (χ3n) is 5.49. The number of H-pyrrole nitrogens is 1. The summed E-state index contributed by atoms with van der Waals surface area (Å²) in [5.74, 6) is -0.297. The normalized spacial score (nSPS) is 11.9. The van der Waals surface area contributed by atoms with Gasteiger partial charge in [0.05, 0.1) is 5.56 Å². The average Bonchev–Trinajstić information content (AvgIpc) is 3.17. The molecule has 33 heavy (non-hydrogen) atoms. The van der Waals surface area contributed by atoms with Crippen LogP contribution in [-0.2, 0) is 12.6 Å². The second-order valence-corrected chi connectivity index (χ2v) is 8.07. The fraction of sp³-hybridized carbons (Fsp3) is 0.0800. The van der Waals surface area contributed by atoms with Crippen LogP contribution < -0.4 is 0 Å². The molecule has 0 saturated heterocycles. The van der Waals surface area contributed by atoms with Gasteiger partial charge in [-0.05, 0) is 41.5 Å². The Kier molecular flexibility index (Phi) is 5.13. The average molecular weight is 466 g/mol. The quantitative estimate of drug-likeness (QED) is 0.294. The number of nitrogens with zero attached hydrogens (tertiary/aromatic N) is 2. The molecule has 1 N–H and O–H groups in total. The molecule has 8 heteroatoms. The van der Waals surface area contributed by atoms with Crippen molar-refractivity contribution in [2.75, 3.05) is 0 Å². The summed E-state index contributed by atoms with van der Waals surface area (Å²) >= 11 is 6.43. The van der Waals surface area contributed by atoms with Crippen LogP contribution in [0.3, 0.4) is 0 Å². The van der Waals surface area contributed by atoms with Crippen molar-refractivity contribution >= 4 is 39.3 Å². The number of halogens is 4. The minimum atomic E-state index is -4.46. The van der Waals surface area contributed by atoms with Gasteiger partial charge in [0.25, 0.3) is 0 Å². The molecule has 0 aliphatic rings. The number of fused-ring (bicyclic) bond motifs is 3. The number of alkyl halides is 3. The van der Waals surface area contributed by atoms with E-state index in [1.807, 2.05) is 18.2 Å². The Morgan fingerprint density at radius 2 is 1.85 bits per heavy atom. The van der Waals surface area contributed by atoms with Gasteiger partial charge in [0.1, 0.15) is 12.0 Å². The number of Topliss-reactive ketones (excluding diaryl/α,β-unsaturated/α-hetero) is 1. The molecule has 0 radical (unpaired) electrons. The molecule has 0 atom stereocenters. The van der Waals surface area contributed by atoms with Gasteiger partial charge in [-0.1, -0.05) is 41.9 Å². The van der Waals surface area contributed by atoms with E-state index in [0.717, 1.165) is 34.0 Å². The predicted octanol–water partition coefficient (Wildman–Crippen LogP) is 6.88. The van der Waals surface area contributed by atoms with Gasteiger partial charge in [0.2, 0.25) is 0 Å². The molecular formula is C25H15ClF3N3O. The van der Waals surface area contributed by atoms with Crippen molar-refractivity contribution in [3.63, 3.8) is 0 Å². The van der Waals surface area contributed by atoms with E-state index in [4.69, 9.17) is 11.6 Å². The topological polar surface area (TPSA) is 58.6 Å². The van der Waals surface area contributed by atoms with Gasteiger partial charge in [-0.3, -0.25) is 4.79 Å². The number of hydrogen-bond donors (Lipinski definition) is 1. The lowest BCUT2D eigenvalue weighted by Crippen LogP contribution is -2.08. The lowest BCUT2D eigenvalue weighted by molar-refractivity contribution is -0.137. The summed E-state index contributed by atoms with van der Waals surface area (Å²) in [5, 5.41) is 2.32. The van der Waals surface area contributed by atoms with Crippen LogP contribution in [-0.4, -0.2) is 20.7 Å². The molecule has 0 aliphatic heterocycles. The van der Waals surface area contributed by atoms with Crippen molar-refractivity contribution in [3.05, 3.63) is 94.9 Å². The minimum Gasteiger partial charge on any atom is -0.339 e. The van der Waals surface area contributed by atoms with Gasteiger partial charge in [-0.15, -0.1) is 0 Å². The molecule has 5 rings (SSSR count). The Labute approximate surface area is 191 Å². The zero-order chi connectivity index (χ0) is 23.2. The highest BCUT2D eigenvalue weighted by molar-refractivity contribution is 6.33. The number of carbonyl (C=O) groups excluding carboxylic acids is 1. The van der Waals surface area contributed by atoms with E-state index in [1.165, 1.54) is 18.5 Å². The molecule has 0 spiro atoms. The largest absolute Gasteiger partial charge is 0.416 e. The Bertz CT molecular complexity index is 1520. The van der Waals surface area contributed by atoms with E-state index in [0.29, 0.717) is 27.4 Å². The van der Waals surface area contributed by atoms with Gasteiger partial charge in [0.15, 0.2) is 5.78 Å². The molecule has 0 saturated carbocycles. The minimum absolute atomic E-state index is 0.148. The highest BCUT2D eigenvalue weighted by Gasteiger charge is 2.30. The lowest BCUT2D eigenvalue weighted by Gasteiger charge is -2.10. The first-order chi connectivity index (χ1) is 15.8. The van der Waals surface area contributed by atoms with Crippen LogP contribution >= 0.6 is 11.6 Å². The van der Waals surface area contributed by atoms with E-state index in [9.17, 15) is 18.0 Å². The van der Waals surface area contributed by atoms with E-state index < -0.39 is 11.7 Å². The highest BCUT2D eigenvalue weighted by atomic mass is 35.5. The molecule has 0 unspecified atom stereocenters. The van der Waals surface area contributed by atoms with E-state index >= 15 is 0 Å². The number of carbonyl (C=O) groups is 1. The standard InChI is InChI=1S/C25H15ClF3N3O/c26-21-7-5-16(23(33)9-14-2-1-3-17(8-14)25(27,28)29)10-19(21)15-4-6-18-20-12-30-13-31-24(20)32-22(18)11-15/h1-8,10-13H,9H2,(H,30,31,32).